The van der Waals surface area contributed by atoms with Crippen molar-refractivity contribution < 1.29 is 4.79 Å². The number of carbonyl (C=O) groups is 1. The van der Waals surface area contributed by atoms with Crippen LogP contribution in [-0.4, -0.2) is 35.9 Å². The summed E-state index contributed by atoms with van der Waals surface area (Å²) in [4.78, 5) is 12.9. The molecule has 8 heteroatoms. The monoisotopic (exact) mass is 413 g/mol. The van der Waals surface area contributed by atoms with Crippen LogP contribution in [-0.2, 0) is 13.0 Å². The molecule has 0 atom stereocenters. The molecule has 1 N–H and O–H groups in total. The van der Waals surface area contributed by atoms with Crippen LogP contribution in [0.5, 0.6) is 0 Å². The number of benzene rings is 2. The van der Waals surface area contributed by atoms with Crippen LogP contribution in [0.25, 0.3) is 11.4 Å². The Kier molecular flexibility index (Phi) is 5.03. The van der Waals surface area contributed by atoms with Gasteiger partial charge < -0.3 is 5.32 Å². The van der Waals surface area contributed by atoms with Gasteiger partial charge in [-0.05, 0) is 59.5 Å². The summed E-state index contributed by atoms with van der Waals surface area (Å²) in [5, 5.41) is 19.5. The highest BCUT2D eigenvalue weighted by atomic mass is 16.1. The van der Waals surface area contributed by atoms with Gasteiger partial charge in [0.1, 0.15) is 0 Å². The summed E-state index contributed by atoms with van der Waals surface area (Å²) < 4.78 is 3.77. The Morgan fingerprint density at radius 3 is 2.58 bits per heavy atom. The Bertz CT molecular complexity index is 1190. The summed E-state index contributed by atoms with van der Waals surface area (Å²) in [5.41, 5.74) is 4.31. The standard InChI is InChI=1S/C23H23N7O/c1-2-21-20(14-24-29(21)15-16-6-4-3-5-7-16)23(31)25-18-10-8-17(9-11-18)22-26-27-28-30(22)19-12-13-19/h3-11,14,19H,2,12-13,15H2,1H3,(H,25,31). The number of hydrogen-bond acceptors (Lipinski definition) is 5. The molecule has 0 saturated heterocycles. The molecule has 156 valence electrons. The average Bonchev–Trinajstić information content (AvgIpc) is 3.38. The van der Waals surface area contributed by atoms with Crippen molar-refractivity contribution >= 4 is 11.6 Å². The van der Waals surface area contributed by atoms with Crippen molar-refractivity contribution in [1.82, 2.24) is 30.0 Å². The molecular weight excluding hydrogens is 390 g/mol. The lowest BCUT2D eigenvalue weighted by molar-refractivity contribution is 0.102. The lowest BCUT2D eigenvalue weighted by atomic mass is 10.1. The zero-order valence-electron chi connectivity index (χ0n) is 17.3. The van der Waals surface area contributed by atoms with E-state index in [1.807, 2.05) is 58.8 Å². The van der Waals surface area contributed by atoms with Gasteiger partial charge in [-0.2, -0.15) is 5.10 Å². The lowest BCUT2D eigenvalue weighted by Crippen LogP contribution is -2.15. The number of hydrogen-bond donors (Lipinski definition) is 1. The van der Waals surface area contributed by atoms with Gasteiger partial charge in [0.2, 0.25) is 0 Å². The summed E-state index contributed by atoms with van der Waals surface area (Å²) in [7, 11) is 0. The van der Waals surface area contributed by atoms with Gasteiger partial charge in [0.25, 0.3) is 5.91 Å². The fraction of sp³-hybridized carbons (Fsp3) is 0.261. The molecule has 0 radical (unpaired) electrons. The van der Waals surface area contributed by atoms with Crippen molar-refractivity contribution in [3.05, 3.63) is 77.6 Å². The molecule has 4 aromatic rings. The van der Waals surface area contributed by atoms with Crippen LogP contribution < -0.4 is 5.32 Å². The number of carbonyl (C=O) groups excluding carboxylic acids is 1. The molecule has 0 aliphatic heterocycles. The Morgan fingerprint density at radius 2 is 1.87 bits per heavy atom. The van der Waals surface area contributed by atoms with E-state index in [0.29, 0.717) is 18.2 Å². The first kappa shape index (κ1) is 19.2. The smallest absolute Gasteiger partial charge is 0.259 e. The highest BCUT2D eigenvalue weighted by molar-refractivity contribution is 6.05. The zero-order chi connectivity index (χ0) is 21.2. The Morgan fingerprint density at radius 1 is 1.10 bits per heavy atom. The molecule has 0 bridgehead atoms. The van der Waals surface area contributed by atoms with E-state index in [0.717, 1.165) is 47.6 Å². The summed E-state index contributed by atoms with van der Waals surface area (Å²) in [6.45, 7) is 2.68. The average molecular weight is 413 g/mol. The minimum atomic E-state index is -0.160. The van der Waals surface area contributed by atoms with Gasteiger partial charge >= 0.3 is 0 Å². The van der Waals surface area contributed by atoms with Gasteiger partial charge in [-0.3, -0.25) is 9.48 Å². The number of aromatic nitrogens is 6. The van der Waals surface area contributed by atoms with Crippen LogP contribution in [0.4, 0.5) is 5.69 Å². The van der Waals surface area contributed by atoms with Crippen LogP contribution in [0, 0.1) is 0 Å². The highest BCUT2D eigenvalue weighted by Crippen LogP contribution is 2.36. The van der Waals surface area contributed by atoms with E-state index in [4.69, 9.17) is 0 Å². The normalized spacial score (nSPS) is 13.3. The quantitative estimate of drug-likeness (QED) is 0.498. The third kappa shape index (κ3) is 3.96. The van der Waals surface area contributed by atoms with E-state index in [1.54, 1.807) is 6.20 Å². The van der Waals surface area contributed by atoms with Gasteiger partial charge in [-0.1, -0.05) is 37.3 Å². The molecule has 1 saturated carbocycles. The van der Waals surface area contributed by atoms with E-state index in [-0.39, 0.29) is 5.91 Å². The molecule has 5 rings (SSSR count). The number of nitrogens with zero attached hydrogens (tertiary/aromatic N) is 6. The van der Waals surface area contributed by atoms with Gasteiger partial charge in [0.05, 0.1) is 30.0 Å². The Balaban J connectivity index is 1.31. The van der Waals surface area contributed by atoms with E-state index in [1.165, 1.54) is 0 Å². The molecule has 31 heavy (non-hydrogen) atoms. The molecule has 1 fully saturated rings. The molecular formula is C23H23N7O. The molecule has 2 aromatic carbocycles. The van der Waals surface area contributed by atoms with Gasteiger partial charge in [0.15, 0.2) is 5.82 Å². The minimum absolute atomic E-state index is 0.160. The number of anilines is 1. The maximum Gasteiger partial charge on any atom is 0.259 e. The second-order valence-corrected chi connectivity index (χ2v) is 7.71. The van der Waals surface area contributed by atoms with Crippen molar-refractivity contribution in [3.8, 4) is 11.4 Å². The zero-order valence-corrected chi connectivity index (χ0v) is 17.3. The first-order chi connectivity index (χ1) is 15.2. The lowest BCUT2D eigenvalue weighted by Gasteiger charge is -2.09. The van der Waals surface area contributed by atoms with Crippen LogP contribution >= 0.6 is 0 Å². The SMILES string of the molecule is CCc1c(C(=O)Nc2ccc(-c3nnnn3C3CC3)cc2)cnn1Cc1ccccc1. The van der Waals surface area contributed by atoms with E-state index < -0.39 is 0 Å². The summed E-state index contributed by atoms with van der Waals surface area (Å²) in [5.74, 6) is 0.600. The van der Waals surface area contributed by atoms with Crippen LogP contribution in [0.15, 0.2) is 60.8 Å². The topological polar surface area (TPSA) is 90.5 Å². The van der Waals surface area contributed by atoms with Gasteiger partial charge in [-0.15, -0.1) is 5.10 Å². The molecule has 1 aliphatic rings. The molecule has 1 aliphatic carbocycles. The van der Waals surface area contributed by atoms with Gasteiger partial charge in [-0.25, -0.2) is 4.68 Å². The maximum atomic E-state index is 12.9. The molecule has 1 amide bonds. The van der Waals surface area contributed by atoms with Crippen LogP contribution in [0.2, 0.25) is 0 Å². The molecule has 8 nitrogen and oxygen atoms in total. The number of amides is 1. The van der Waals surface area contributed by atoms with Crippen molar-refractivity contribution in [1.29, 1.82) is 0 Å². The van der Waals surface area contributed by atoms with Crippen LogP contribution in [0.1, 0.15) is 47.4 Å². The third-order valence-electron chi connectivity index (χ3n) is 5.49. The van der Waals surface area contributed by atoms with E-state index in [9.17, 15) is 4.79 Å². The highest BCUT2D eigenvalue weighted by Gasteiger charge is 2.28. The van der Waals surface area contributed by atoms with Crippen LogP contribution in [0.3, 0.4) is 0 Å². The van der Waals surface area contributed by atoms with Crippen molar-refractivity contribution in [3.63, 3.8) is 0 Å². The Labute approximate surface area is 179 Å². The molecule has 2 heterocycles. The largest absolute Gasteiger partial charge is 0.322 e. The van der Waals surface area contributed by atoms with Crippen molar-refractivity contribution in [2.45, 2.75) is 38.8 Å². The molecule has 2 aromatic heterocycles. The fourth-order valence-corrected chi connectivity index (χ4v) is 3.72. The minimum Gasteiger partial charge on any atom is -0.322 e. The van der Waals surface area contributed by atoms with Gasteiger partial charge in [0, 0.05) is 11.3 Å². The number of rotatable bonds is 7. The first-order valence-corrected chi connectivity index (χ1v) is 10.5. The fourth-order valence-electron chi connectivity index (χ4n) is 3.72. The first-order valence-electron chi connectivity index (χ1n) is 10.5. The number of nitrogens with one attached hydrogen (secondary N) is 1. The predicted octanol–water partition coefficient (Wildman–Crippen LogP) is 3.73. The second kappa shape index (κ2) is 8.14. The predicted molar refractivity (Wildman–Crippen MR) is 117 cm³/mol. The van der Waals surface area contributed by atoms with Crippen molar-refractivity contribution in [2.75, 3.05) is 5.32 Å². The van der Waals surface area contributed by atoms with Crippen molar-refractivity contribution in [2.24, 2.45) is 0 Å². The molecule has 0 spiro atoms. The summed E-state index contributed by atoms with van der Waals surface area (Å²) >= 11 is 0. The second-order valence-electron chi connectivity index (χ2n) is 7.71. The Hall–Kier alpha value is -3.81. The maximum absolute atomic E-state index is 12.9. The molecule has 0 unspecified atom stereocenters. The summed E-state index contributed by atoms with van der Waals surface area (Å²) in [6, 6.07) is 18.1. The van der Waals surface area contributed by atoms with E-state index in [2.05, 4.69) is 38.1 Å². The number of tetrazole rings is 1. The third-order valence-corrected chi connectivity index (χ3v) is 5.49. The summed E-state index contributed by atoms with van der Waals surface area (Å²) in [6.07, 6.45) is 4.60. The van der Waals surface area contributed by atoms with E-state index >= 15 is 0 Å².